The summed E-state index contributed by atoms with van der Waals surface area (Å²) >= 11 is 3.58. The van der Waals surface area contributed by atoms with Crippen molar-refractivity contribution >= 4 is 34.4 Å². The molecule has 0 saturated carbocycles. The molecule has 2 aromatic rings. The van der Waals surface area contributed by atoms with Gasteiger partial charge in [0.05, 0.1) is 7.11 Å². The lowest BCUT2D eigenvalue weighted by Crippen LogP contribution is -2.49. The third-order valence-corrected chi connectivity index (χ3v) is 7.88. The molecule has 1 nitrogen and oxygen atoms in total. The highest BCUT2D eigenvalue weighted by atomic mass is 79.9. The zero-order valence-corrected chi connectivity index (χ0v) is 13.3. The van der Waals surface area contributed by atoms with E-state index in [9.17, 15) is 0 Å². The van der Waals surface area contributed by atoms with E-state index in [-0.39, 0.29) is 0 Å². The van der Waals surface area contributed by atoms with Crippen LogP contribution >= 0.6 is 15.9 Å². The monoisotopic (exact) mass is 318 g/mol. The van der Waals surface area contributed by atoms with Crippen molar-refractivity contribution in [2.24, 2.45) is 0 Å². The van der Waals surface area contributed by atoms with Crippen molar-refractivity contribution in [1.29, 1.82) is 0 Å². The van der Waals surface area contributed by atoms with Crippen molar-refractivity contribution in [1.82, 2.24) is 0 Å². The Morgan fingerprint density at radius 1 is 1.06 bits per heavy atom. The van der Waals surface area contributed by atoms with E-state index in [4.69, 9.17) is 4.74 Å². The molecule has 0 saturated heterocycles. The van der Waals surface area contributed by atoms with Gasteiger partial charge in [-0.15, -0.1) is 0 Å². The molecule has 0 fully saturated rings. The van der Waals surface area contributed by atoms with Crippen molar-refractivity contribution in [3.05, 3.63) is 40.9 Å². The molecule has 0 N–H and O–H groups in total. The molecule has 0 atom stereocenters. The Morgan fingerprint density at radius 2 is 1.83 bits per heavy atom. The summed E-state index contributed by atoms with van der Waals surface area (Å²) in [5.41, 5.74) is 2.64. The maximum atomic E-state index is 5.55. The molecule has 0 bridgehead atoms. The smallest absolute Gasteiger partial charge is 0.126 e. The molecule has 1 aliphatic heterocycles. The maximum Gasteiger partial charge on any atom is 0.126 e. The standard InChI is InChI=1S/C15H15BrOSi/c1-17-12-5-4-6-14-15(12)11-9-10(16)7-8-13(11)18(14,2)3/h4-9H,1-3H3. The minimum atomic E-state index is -1.55. The zero-order valence-electron chi connectivity index (χ0n) is 10.8. The second-order valence-electron chi connectivity index (χ2n) is 5.20. The van der Waals surface area contributed by atoms with Gasteiger partial charge in [0.1, 0.15) is 13.8 Å². The average molecular weight is 319 g/mol. The summed E-state index contributed by atoms with van der Waals surface area (Å²) in [5, 5.41) is 2.99. The van der Waals surface area contributed by atoms with Crippen LogP contribution in [0.1, 0.15) is 0 Å². The van der Waals surface area contributed by atoms with Crippen LogP contribution in [0.25, 0.3) is 11.1 Å². The number of halogens is 1. The summed E-state index contributed by atoms with van der Waals surface area (Å²) in [7, 11) is 0.197. The van der Waals surface area contributed by atoms with Crippen molar-refractivity contribution in [2.45, 2.75) is 13.1 Å². The van der Waals surface area contributed by atoms with Crippen molar-refractivity contribution < 1.29 is 4.74 Å². The molecule has 0 aliphatic carbocycles. The van der Waals surface area contributed by atoms with Gasteiger partial charge in [-0.3, -0.25) is 0 Å². The van der Waals surface area contributed by atoms with Crippen LogP contribution in [-0.4, -0.2) is 15.2 Å². The fourth-order valence-electron chi connectivity index (χ4n) is 2.91. The summed E-state index contributed by atoms with van der Waals surface area (Å²) in [6.45, 7) is 4.82. The Labute approximate surface area is 117 Å². The summed E-state index contributed by atoms with van der Waals surface area (Å²) in [5.74, 6) is 0.991. The van der Waals surface area contributed by atoms with Gasteiger partial charge >= 0.3 is 0 Å². The van der Waals surface area contributed by atoms with Crippen LogP contribution in [-0.2, 0) is 0 Å². The number of methoxy groups -OCH3 is 1. The van der Waals surface area contributed by atoms with Gasteiger partial charge in [0, 0.05) is 10.0 Å². The van der Waals surface area contributed by atoms with Gasteiger partial charge in [-0.1, -0.05) is 47.2 Å². The number of rotatable bonds is 1. The van der Waals surface area contributed by atoms with Crippen LogP contribution < -0.4 is 15.1 Å². The molecule has 0 spiro atoms. The molecule has 0 radical (unpaired) electrons. The van der Waals surface area contributed by atoms with Crippen LogP contribution in [0.4, 0.5) is 0 Å². The number of hydrogen-bond acceptors (Lipinski definition) is 1. The molecule has 18 heavy (non-hydrogen) atoms. The predicted molar refractivity (Wildman–Crippen MR) is 82.9 cm³/mol. The Bertz CT molecular complexity index is 634. The largest absolute Gasteiger partial charge is 0.496 e. The van der Waals surface area contributed by atoms with Gasteiger partial charge in [-0.25, -0.2) is 0 Å². The first-order valence-electron chi connectivity index (χ1n) is 6.03. The molecule has 3 rings (SSSR count). The number of ether oxygens (including phenoxy) is 1. The highest BCUT2D eigenvalue weighted by Crippen LogP contribution is 2.36. The molecule has 92 valence electrons. The van der Waals surface area contributed by atoms with E-state index in [1.165, 1.54) is 21.5 Å². The van der Waals surface area contributed by atoms with Crippen LogP contribution in [0, 0.1) is 0 Å². The number of hydrogen-bond donors (Lipinski definition) is 0. The summed E-state index contributed by atoms with van der Waals surface area (Å²) in [6.07, 6.45) is 0. The lowest BCUT2D eigenvalue weighted by atomic mass is 10.1. The highest BCUT2D eigenvalue weighted by Gasteiger charge is 2.38. The topological polar surface area (TPSA) is 9.23 Å². The Hall–Kier alpha value is -1.06. The zero-order chi connectivity index (χ0) is 12.9. The molecule has 1 heterocycles. The maximum absolute atomic E-state index is 5.55. The van der Waals surface area contributed by atoms with Crippen LogP contribution in [0.2, 0.25) is 13.1 Å². The van der Waals surface area contributed by atoms with Crippen molar-refractivity contribution in [3.63, 3.8) is 0 Å². The van der Waals surface area contributed by atoms with E-state index in [1.807, 2.05) is 0 Å². The Kier molecular flexibility index (Phi) is 2.64. The second-order valence-corrected chi connectivity index (χ2v) is 10.4. The Morgan fingerprint density at radius 3 is 2.56 bits per heavy atom. The van der Waals surface area contributed by atoms with E-state index >= 15 is 0 Å². The first kappa shape index (κ1) is 12.0. The Balaban J connectivity index is 2.41. The third-order valence-electron chi connectivity index (χ3n) is 3.84. The lowest BCUT2D eigenvalue weighted by molar-refractivity contribution is 0.417. The van der Waals surface area contributed by atoms with E-state index in [2.05, 4.69) is 65.4 Å². The SMILES string of the molecule is COc1cccc2c1-c1cc(Br)ccc1[Si]2(C)C. The third kappa shape index (κ3) is 1.50. The van der Waals surface area contributed by atoms with E-state index < -0.39 is 8.07 Å². The summed E-state index contributed by atoms with van der Waals surface area (Å²) < 4.78 is 6.68. The van der Waals surface area contributed by atoms with E-state index in [0.717, 1.165) is 10.2 Å². The second kappa shape index (κ2) is 3.97. The minimum Gasteiger partial charge on any atom is -0.496 e. The minimum absolute atomic E-state index is 0.991. The first-order valence-corrected chi connectivity index (χ1v) is 9.83. The molecule has 3 heteroatoms. The highest BCUT2D eigenvalue weighted by molar-refractivity contribution is 9.10. The summed E-state index contributed by atoms with van der Waals surface area (Å²) in [6, 6.07) is 13.1. The van der Waals surface area contributed by atoms with Gasteiger partial charge in [-0.2, -0.15) is 0 Å². The fourth-order valence-corrected chi connectivity index (χ4v) is 6.33. The lowest BCUT2D eigenvalue weighted by Gasteiger charge is -2.18. The van der Waals surface area contributed by atoms with Gasteiger partial charge in [0.2, 0.25) is 0 Å². The number of benzene rings is 2. The molecule has 0 amide bonds. The van der Waals surface area contributed by atoms with E-state index in [0.29, 0.717) is 0 Å². The fraction of sp³-hybridized carbons (Fsp3) is 0.200. The number of fused-ring (bicyclic) bond motifs is 3. The predicted octanol–water partition coefficient (Wildman–Crippen LogP) is 3.26. The first-order chi connectivity index (χ1) is 8.55. The molecule has 2 aromatic carbocycles. The molecule has 0 unspecified atom stereocenters. The molecular formula is C15H15BrOSi. The van der Waals surface area contributed by atoms with E-state index in [1.54, 1.807) is 7.11 Å². The van der Waals surface area contributed by atoms with Crippen LogP contribution in [0.15, 0.2) is 40.9 Å². The quantitative estimate of drug-likeness (QED) is 0.733. The van der Waals surface area contributed by atoms with Crippen molar-refractivity contribution in [3.8, 4) is 16.9 Å². The molecular weight excluding hydrogens is 304 g/mol. The van der Waals surface area contributed by atoms with Gasteiger partial charge < -0.3 is 4.74 Å². The van der Waals surface area contributed by atoms with Crippen LogP contribution in [0.3, 0.4) is 0 Å². The normalized spacial score (nSPS) is 15.1. The van der Waals surface area contributed by atoms with Gasteiger partial charge in [0.25, 0.3) is 0 Å². The molecule has 0 aromatic heterocycles. The summed E-state index contributed by atoms with van der Waals surface area (Å²) in [4.78, 5) is 0. The van der Waals surface area contributed by atoms with Gasteiger partial charge in [0.15, 0.2) is 0 Å². The van der Waals surface area contributed by atoms with Crippen LogP contribution in [0.5, 0.6) is 5.75 Å². The molecule has 1 aliphatic rings. The average Bonchev–Trinajstić information content (AvgIpc) is 2.58. The van der Waals surface area contributed by atoms with Crippen molar-refractivity contribution in [2.75, 3.05) is 7.11 Å². The van der Waals surface area contributed by atoms with Gasteiger partial charge in [-0.05, 0) is 34.1 Å².